The second kappa shape index (κ2) is 17.7. The fourth-order valence-electron chi connectivity index (χ4n) is 11.8. The molecule has 0 amide bonds. The first-order valence-corrected chi connectivity index (χ1v) is 20.2. The largest absolute Gasteiger partial charge is 0.463 e. The van der Waals surface area contributed by atoms with E-state index in [1.807, 2.05) is 0 Å². The first-order chi connectivity index (χ1) is 21.6. The summed E-state index contributed by atoms with van der Waals surface area (Å²) in [5, 5.41) is 4.26. The Kier molecular flexibility index (Phi) is 14.6. The molecule has 0 aromatic rings. The molecule has 4 rings (SSSR count). The van der Waals surface area contributed by atoms with E-state index >= 15 is 0 Å². The lowest BCUT2D eigenvalue weighted by Gasteiger charge is -2.63. The molecule has 0 spiro atoms. The summed E-state index contributed by atoms with van der Waals surface area (Å²) >= 11 is 0. The van der Waals surface area contributed by atoms with Gasteiger partial charge in [-0.25, -0.2) is 0 Å². The van der Waals surface area contributed by atoms with Crippen LogP contribution >= 0.6 is 0 Å². The number of ether oxygens (including phenoxy) is 1. The quantitative estimate of drug-likeness (QED) is 0.110. The molecule has 0 bridgehead atoms. The van der Waals surface area contributed by atoms with E-state index in [9.17, 15) is 4.79 Å². The molecule has 4 aliphatic rings. The standard InChI is InChI=1S/C41H76N2O2/c1-30(2)18-17-19-31(3)35-20-21-36-39-37(23-25-41(35,36)6)40(5)24-22-34(45-32(4)44)28-33(40)29-38(39)43-27-16-14-12-10-8-7-9-11-13-15-26-42/h30-31,33-39,43H,7-29,42H2,1-6H3/t31-,33-,34+,35-,36?,37?,38?,39?,40+,41-/m1/s1. The highest BCUT2D eigenvalue weighted by Crippen LogP contribution is 2.68. The molecule has 4 unspecified atom stereocenters. The summed E-state index contributed by atoms with van der Waals surface area (Å²) in [5.74, 6) is 5.70. The van der Waals surface area contributed by atoms with Gasteiger partial charge in [-0.05, 0) is 130 Å². The van der Waals surface area contributed by atoms with Crippen LogP contribution < -0.4 is 11.1 Å². The van der Waals surface area contributed by atoms with Gasteiger partial charge in [-0.1, -0.05) is 105 Å². The van der Waals surface area contributed by atoms with Gasteiger partial charge < -0.3 is 15.8 Å². The van der Waals surface area contributed by atoms with E-state index in [2.05, 4.69) is 39.9 Å². The Bertz CT molecular complexity index is 876. The van der Waals surface area contributed by atoms with Crippen molar-refractivity contribution >= 4 is 5.97 Å². The number of nitrogens with one attached hydrogen (secondary N) is 1. The Hall–Kier alpha value is -0.610. The van der Waals surface area contributed by atoms with E-state index in [0.717, 1.165) is 54.9 Å². The number of hydrogen-bond donors (Lipinski definition) is 2. The van der Waals surface area contributed by atoms with Gasteiger partial charge in [0, 0.05) is 13.0 Å². The van der Waals surface area contributed by atoms with Crippen LogP contribution in [0.4, 0.5) is 0 Å². The number of nitrogens with two attached hydrogens (primary N) is 1. The van der Waals surface area contributed by atoms with Crippen LogP contribution in [-0.2, 0) is 9.53 Å². The molecule has 262 valence electrons. The first-order valence-electron chi connectivity index (χ1n) is 20.2. The van der Waals surface area contributed by atoms with Gasteiger partial charge in [0.15, 0.2) is 0 Å². The molecule has 4 saturated carbocycles. The van der Waals surface area contributed by atoms with Crippen LogP contribution in [0.5, 0.6) is 0 Å². The van der Waals surface area contributed by atoms with Crippen molar-refractivity contribution in [2.24, 2.45) is 58.0 Å². The van der Waals surface area contributed by atoms with Crippen molar-refractivity contribution in [3.63, 3.8) is 0 Å². The number of unbranched alkanes of at least 4 members (excludes halogenated alkanes) is 9. The topological polar surface area (TPSA) is 64.3 Å². The van der Waals surface area contributed by atoms with Crippen molar-refractivity contribution in [3.05, 3.63) is 0 Å². The molecule has 4 aliphatic carbocycles. The highest BCUT2D eigenvalue weighted by atomic mass is 16.5. The zero-order chi connectivity index (χ0) is 32.5. The molecule has 4 heteroatoms. The Labute approximate surface area is 279 Å². The van der Waals surface area contributed by atoms with Gasteiger partial charge >= 0.3 is 5.97 Å². The molecule has 45 heavy (non-hydrogen) atoms. The van der Waals surface area contributed by atoms with Crippen LogP contribution in [0.25, 0.3) is 0 Å². The molecule has 4 fully saturated rings. The summed E-state index contributed by atoms with van der Waals surface area (Å²) in [6.45, 7) is 16.4. The van der Waals surface area contributed by atoms with Crippen LogP contribution in [0.2, 0.25) is 0 Å². The van der Waals surface area contributed by atoms with Crippen molar-refractivity contribution in [2.75, 3.05) is 13.1 Å². The molecule has 0 saturated heterocycles. The SMILES string of the molecule is CC(=O)O[C@H]1CC[C@]2(C)C3CC[C@@]4(C)C(CC[C@@H]4[C@H](C)CCCC(C)C)C3C(NCCCCCCCCCCCCN)C[C@H]2C1. The molecular formula is C41H76N2O2. The number of fused-ring (bicyclic) bond motifs is 5. The third-order valence-corrected chi connectivity index (χ3v) is 14.2. The number of hydrogen-bond acceptors (Lipinski definition) is 4. The van der Waals surface area contributed by atoms with Crippen LogP contribution in [0.1, 0.15) is 176 Å². The van der Waals surface area contributed by atoms with Gasteiger partial charge in [0.25, 0.3) is 0 Å². The predicted octanol–water partition coefficient (Wildman–Crippen LogP) is 10.5. The normalized spacial score (nSPS) is 36.8. The minimum Gasteiger partial charge on any atom is -0.463 e. The van der Waals surface area contributed by atoms with Crippen LogP contribution in [-0.4, -0.2) is 31.2 Å². The Morgan fingerprint density at radius 2 is 1.40 bits per heavy atom. The van der Waals surface area contributed by atoms with E-state index in [-0.39, 0.29) is 12.1 Å². The maximum atomic E-state index is 11.9. The van der Waals surface area contributed by atoms with E-state index < -0.39 is 0 Å². The summed E-state index contributed by atoms with van der Waals surface area (Å²) in [6.07, 6.45) is 28.4. The van der Waals surface area contributed by atoms with Crippen LogP contribution in [0.3, 0.4) is 0 Å². The third kappa shape index (κ3) is 9.51. The lowest BCUT2D eigenvalue weighted by Crippen LogP contribution is -2.61. The second-order valence-electron chi connectivity index (χ2n) is 17.6. The van der Waals surface area contributed by atoms with E-state index in [1.54, 1.807) is 6.92 Å². The fraction of sp³-hybridized carbons (Fsp3) is 0.976. The van der Waals surface area contributed by atoms with Gasteiger partial charge in [-0.15, -0.1) is 0 Å². The number of carbonyl (C=O) groups excluding carboxylic acids is 1. The van der Waals surface area contributed by atoms with Gasteiger partial charge in [0.1, 0.15) is 6.10 Å². The smallest absolute Gasteiger partial charge is 0.302 e. The monoisotopic (exact) mass is 629 g/mol. The molecule has 4 nitrogen and oxygen atoms in total. The molecule has 10 atom stereocenters. The predicted molar refractivity (Wildman–Crippen MR) is 191 cm³/mol. The minimum absolute atomic E-state index is 0.0912. The van der Waals surface area contributed by atoms with Crippen LogP contribution in [0.15, 0.2) is 0 Å². The summed E-state index contributed by atoms with van der Waals surface area (Å²) in [6, 6.07) is 0.636. The van der Waals surface area contributed by atoms with Crippen molar-refractivity contribution in [1.29, 1.82) is 0 Å². The van der Waals surface area contributed by atoms with Gasteiger partial charge in [0.05, 0.1) is 0 Å². The van der Waals surface area contributed by atoms with Gasteiger partial charge in [-0.2, -0.15) is 0 Å². The molecular weight excluding hydrogens is 552 g/mol. The molecule has 0 aromatic carbocycles. The van der Waals surface area contributed by atoms with Crippen molar-refractivity contribution in [3.8, 4) is 0 Å². The maximum absolute atomic E-state index is 11.9. The number of carbonyl (C=O) groups is 1. The molecule has 0 heterocycles. The van der Waals surface area contributed by atoms with Crippen molar-refractivity contribution in [2.45, 2.75) is 189 Å². The van der Waals surface area contributed by atoms with E-state index in [0.29, 0.717) is 22.8 Å². The van der Waals surface area contributed by atoms with Gasteiger partial charge in [-0.3, -0.25) is 4.79 Å². The molecule has 0 aliphatic heterocycles. The van der Waals surface area contributed by atoms with E-state index in [1.165, 1.54) is 129 Å². The first kappa shape index (κ1) is 37.2. The number of esters is 1. The van der Waals surface area contributed by atoms with Crippen LogP contribution in [0, 0.1) is 52.3 Å². The van der Waals surface area contributed by atoms with Crippen molar-refractivity contribution in [1.82, 2.24) is 5.32 Å². The second-order valence-corrected chi connectivity index (χ2v) is 17.6. The molecule has 0 aromatic heterocycles. The summed E-state index contributed by atoms with van der Waals surface area (Å²) in [7, 11) is 0. The maximum Gasteiger partial charge on any atom is 0.302 e. The highest BCUT2D eigenvalue weighted by Gasteiger charge is 2.63. The lowest BCUT2D eigenvalue weighted by molar-refractivity contribution is -0.164. The zero-order valence-corrected chi connectivity index (χ0v) is 30.9. The third-order valence-electron chi connectivity index (χ3n) is 14.2. The van der Waals surface area contributed by atoms with Crippen molar-refractivity contribution < 1.29 is 9.53 Å². The summed E-state index contributed by atoms with van der Waals surface area (Å²) in [5.41, 5.74) is 6.55. The summed E-state index contributed by atoms with van der Waals surface area (Å²) < 4.78 is 5.84. The van der Waals surface area contributed by atoms with Gasteiger partial charge in [0.2, 0.25) is 0 Å². The summed E-state index contributed by atoms with van der Waals surface area (Å²) in [4.78, 5) is 11.9. The number of rotatable bonds is 19. The fourth-order valence-corrected chi connectivity index (χ4v) is 11.8. The minimum atomic E-state index is -0.0912. The Morgan fingerprint density at radius 3 is 2.04 bits per heavy atom. The average Bonchev–Trinajstić information content (AvgIpc) is 3.35. The Morgan fingerprint density at radius 1 is 0.778 bits per heavy atom. The molecule has 3 N–H and O–H groups in total. The lowest BCUT2D eigenvalue weighted by atomic mass is 9.43. The zero-order valence-electron chi connectivity index (χ0n) is 30.9. The van der Waals surface area contributed by atoms with E-state index in [4.69, 9.17) is 10.5 Å². The molecule has 0 radical (unpaired) electrons. The average molecular weight is 629 g/mol. The Balaban J connectivity index is 1.37. The highest BCUT2D eigenvalue weighted by molar-refractivity contribution is 5.66.